The Labute approximate surface area is 94.9 Å². The van der Waals surface area contributed by atoms with E-state index in [4.69, 9.17) is 14.2 Å². The van der Waals surface area contributed by atoms with Crippen molar-refractivity contribution in [3.8, 4) is 17.2 Å². The highest BCUT2D eigenvalue weighted by atomic mass is 16.7. The van der Waals surface area contributed by atoms with Crippen LogP contribution in [0.5, 0.6) is 17.2 Å². The molecule has 4 heteroatoms. The zero-order valence-electron chi connectivity index (χ0n) is 9.53. The average Bonchev–Trinajstić information content (AvgIpc) is 2.75. The number of hydrogen-bond donors (Lipinski definition) is 0. The smallest absolute Gasteiger partial charge is 0.231 e. The second-order valence-corrected chi connectivity index (χ2v) is 3.76. The van der Waals surface area contributed by atoms with Crippen molar-refractivity contribution in [2.45, 2.75) is 12.8 Å². The van der Waals surface area contributed by atoms with Gasteiger partial charge in [0.2, 0.25) is 12.5 Å². The first kappa shape index (κ1) is 10.8. The topological polar surface area (TPSA) is 40.0 Å². The van der Waals surface area contributed by atoms with Gasteiger partial charge in [-0.1, -0.05) is 6.92 Å². The molecule has 1 heterocycles. The largest absolute Gasteiger partial charge is 0.493 e. The molecule has 4 nitrogen and oxygen atoms in total. The molecule has 1 aliphatic rings. The molecule has 0 bridgehead atoms. The maximum absolute atomic E-state index is 5.36. The Kier molecular flexibility index (Phi) is 2.99. The highest BCUT2D eigenvalue weighted by Gasteiger charge is 2.21. The number of benzene rings is 1. The second kappa shape index (κ2) is 4.43. The molecule has 1 aromatic carbocycles. The van der Waals surface area contributed by atoms with Crippen molar-refractivity contribution in [1.82, 2.24) is 0 Å². The Hall–Kier alpha value is -1.71. The number of methoxy groups -OCH3 is 1. The fraction of sp³-hybridized carbons (Fsp3) is 0.417. The Morgan fingerprint density at radius 3 is 3.00 bits per heavy atom. The van der Waals surface area contributed by atoms with Crippen LogP contribution < -0.4 is 14.2 Å². The van der Waals surface area contributed by atoms with E-state index in [-0.39, 0.29) is 6.79 Å². The van der Waals surface area contributed by atoms with Crippen molar-refractivity contribution < 1.29 is 14.2 Å². The molecule has 0 aromatic heterocycles. The number of ether oxygens (including phenoxy) is 3. The number of hydrogen-bond acceptors (Lipinski definition) is 4. The van der Waals surface area contributed by atoms with Crippen molar-refractivity contribution in [2.75, 3.05) is 20.4 Å². The SMILES string of the molecule is C=NC[C@@H](C)c1cc(OC)c2c(c1)OCO2. The molecule has 1 aromatic rings. The molecule has 0 spiro atoms. The minimum absolute atomic E-state index is 0.253. The molecule has 0 N–H and O–H groups in total. The van der Waals surface area contributed by atoms with Crippen molar-refractivity contribution in [1.29, 1.82) is 0 Å². The predicted octanol–water partition coefficient (Wildman–Crippen LogP) is 2.23. The van der Waals surface area contributed by atoms with Gasteiger partial charge in [0.1, 0.15) is 0 Å². The van der Waals surface area contributed by atoms with Crippen LogP contribution in [0, 0.1) is 0 Å². The molecule has 0 saturated heterocycles. The molecular formula is C12H15NO3. The van der Waals surface area contributed by atoms with Gasteiger partial charge < -0.3 is 19.2 Å². The van der Waals surface area contributed by atoms with Crippen molar-refractivity contribution >= 4 is 6.72 Å². The van der Waals surface area contributed by atoms with E-state index in [9.17, 15) is 0 Å². The molecule has 1 atom stereocenters. The Bertz CT molecular complexity index is 403. The van der Waals surface area contributed by atoms with Gasteiger partial charge in [0.05, 0.1) is 7.11 Å². The van der Waals surface area contributed by atoms with Gasteiger partial charge in [-0.2, -0.15) is 0 Å². The lowest BCUT2D eigenvalue weighted by Crippen LogP contribution is -1.98. The van der Waals surface area contributed by atoms with Gasteiger partial charge in [-0.15, -0.1) is 0 Å². The molecule has 0 radical (unpaired) electrons. The summed E-state index contributed by atoms with van der Waals surface area (Å²) >= 11 is 0. The molecule has 0 saturated carbocycles. The van der Waals surface area contributed by atoms with Crippen LogP contribution in [0.1, 0.15) is 18.4 Å². The standard InChI is InChI=1S/C12H15NO3/c1-8(6-13-2)9-4-10(14-3)12-11(5-9)15-7-16-12/h4-5,8H,2,6-7H2,1,3H3/t8-/m1/s1. The zero-order chi connectivity index (χ0) is 11.5. The van der Waals surface area contributed by atoms with Crippen LogP contribution in [0.3, 0.4) is 0 Å². The summed E-state index contributed by atoms with van der Waals surface area (Å²) in [5.74, 6) is 2.43. The summed E-state index contributed by atoms with van der Waals surface area (Å²) in [6.07, 6.45) is 0. The summed E-state index contributed by atoms with van der Waals surface area (Å²) in [7, 11) is 1.62. The fourth-order valence-corrected chi connectivity index (χ4v) is 1.73. The Morgan fingerprint density at radius 2 is 2.31 bits per heavy atom. The van der Waals surface area contributed by atoms with E-state index in [0.717, 1.165) is 11.3 Å². The van der Waals surface area contributed by atoms with Crippen LogP contribution in [0.15, 0.2) is 17.1 Å². The van der Waals surface area contributed by atoms with Gasteiger partial charge in [0.25, 0.3) is 0 Å². The van der Waals surface area contributed by atoms with Gasteiger partial charge in [0, 0.05) is 12.5 Å². The van der Waals surface area contributed by atoms with E-state index >= 15 is 0 Å². The molecule has 16 heavy (non-hydrogen) atoms. The molecule has 0 fully saturated rings. The maximum atomic E-state index is 5.36. The lowest BCUT2D eigenvalue weighted by Gasteiger charge is -2.12. The first-order chi connectivity index (χ1) is 7.76. The second-order valence-electron chi connectivity index (χ2n) is 3.76. The highest BCUT2D eigenvalue weighted by molar-refractivity contribution is 5.55. The number of nitrogens with zero attached hydrogens (tertiary/aromatic N) is 1. The Balaban J connectivity index is 2.37. The zero-order valence-corrected chi connectivity index (χ0v) is 9.53. The van der Waals surface area contributed by atoms with Crippen LogP contribution in [-0.4, -0.2) is 27.2 Å². The average molecular weight is 221 g/mol. The van der Waals surface area contributed by atoms with Gasteiger partial charge in [-0.25, -0.2) is 0 Å². The third-order valence-corrected chi connectivity index (χ3v) is 2.65. The number of aliphatic imine (C=N–C) groups is 1. The monoisotopic (exact) mass is 221 g/mol. The summed E-state index contributed by atoms with van der Waals surface area (Å²) < 4.78 is 16.0. The molecule has 0 aliphatic carbocycles. The van der Waals surface area contributed by atoms with E-state index in [1.807, 2.05) is 12.1 Å². The van der Waals surface area contributed by atoms with Crippen LogP contribution in [-0.2, 0) is 0 Å². The van der Waals surface area contributed by atoms with E-state index in [0.29, 0.717) is 24.0 Å². The highest BCUT2D eigenvalue weighted by Crippen LogP contribution is 2.43. The predicted molar refractivity (Wildman–Crippen MR) is 61.9 cm³/mol. The van der Waals surface area contributed by atoms with Gasteiger partial charge in [-0.3, -0.25) is 0 Å². The van der Waals surface area contributed by atoms with Crippen molar-refractivity contribution in [3.05, 3.63) is 17.7 Å². The van der Waals surface area contributed by atoms with Crippen LogP contribution in [0.2, 0.25) is 0 Å². The van der Waals surface area contributed by atoms with E-state index in [1.54, 1.807) is 7.11 Å². The lowest BCUT2D eigenvalue weighted by molar-refractivity contribution is 0.171. The fourth-order valence-electron chi connectivity index (χ4n) is 1.73. The minimum atomic E-state index is 0.253. The van der Waals surface area contributed by atoms with Crippen molar-refractivity contribution in [3.63, 3.8) is 0 Å². The molecule has 0 unspecified atom stereocenters. The summed E-state index contributed by atoms with van der Waals surface area (Å²) in [5.41, 5.74) is 1.12. The number of fused-ring (bicyclic) bond motifs is 1. The van der Waals surface area contributed by atoms with Gasteiger partial charge >= 0.3 is 0 Å². The maximum Gasteiger partial charge on any atom is 0.231 e. The van der Waals surface area contributed by atoms with E-state index in [2.05, 4.69) is 18.6 Å². The van der Waals surface area contributed by atoms with Crippen molar-refractivity contribution in [2.24, 2.45) is 4.99 Å². The molecule has 86 valence electrons. The molecule has 1 aliphatic heterocycles. The minimum Gasteiger partial charge on any atom is -0.493 e. The summed E-state index contributed by atoms with van der Waals surface area (Å²) in [6, 6.07) is 3.93. The molecule has 0 amide bonds. The van der Waals surface area contributed by atoms with E-state index in [1.165, 1.54) is 0 Å². The summed E-state index contributed by atoms with van der Waals surface area (Å²) in [5, 5.41) is 0. The normalized spacial score (nSPS) is 14.6. The Morgan fingerprint density at radius 1 is 1.50 bits per heavy atom. The first-order valence-corrected chi connectivity index (χ1v) is 5.16. The number of rotatable bonds is 4. The molecular weight excluding hydrogens is 206 g/mol. The van der Waals surface area contributed by atoms with Crippen LogP contribution >= 0.6 is 0 Å². The third-order valence-electron chi connectivity index (χ3n) is 2.65. The lowest BCUT2D eigenvalue weighted by atomic mass is 10.0. The quantitative estimate of drug-likeness (QED) is 0.732. The van der Waals surface area contributed by atoms with Gasteiger partial charge in [0.15, 0.2) is 11.5 Å². The molecule has 2 rings (SSSR count). The first-order valence-electron chi connectivity index (χ1n) is 5.16. The third kappa shape index (κ3) is 1.83. The van der Waals surface area contributed by atoms with Crippen LogP contribution in [0.4, 0.5) is 0 Å². The van der Waals surface area contributed by atoms with E-state index < -0.39 is 0 Å². The summed E-state index contributed by atoms with van der Waals surface area (Å²) in [6.45, 7) is 6.53. The van der Waals surface area contributed by atoms with Gasteiger partial charge in [-0.05, 0) is 24.4 Å². The van der Waals surface area contributed by atoms with Crippen LogP contribution in [0.25, 0.3) is 0 Å². The summed E-state index contributed by atoms with van der Waals surface area (Å²) in [4.78, 5) is 3.90.